The summed E-state index contributed by atoms with van der Waals surface area (Å²) in [6.45, 7) is 0.723. The number of nitrogens with zero attached hydrogens (tertiary/aromatic N) is 1. The number of hydrogen-bond donors (Lipinski definition) is 1. The standard InChI is InChI=1S/C13H13ClN2O2/c14-10-4-1-2-5-11(10)16(8-7-15)13(17)12-6-3-9-18-12/h1-6,9H,7-8,15H2. The van der Waals surface area contributed by atoms with Crippen molar-refractivity contribution in [1.82, 2.24) is 0 Å². The molecule has 18 heavy (non-hydrogen) atoms. The molecule has 0 saturated carbocycles. The maximum absolute atomic E-state index is 12.3. The van der Waals surface area contributed by atoms with Gasteiger partial charge >= 0.3 is 0 Å². The second-order valence-electron chi connectivity index (χ2n) is 3.67. The SMILES string of the molecule is NCCN(C(=O)c1ccco1)c1ccccc1Cl. The van der Waals surface area contributed by atoms with Crippen LogP contribution in [0.5, 0.6) is 0 Å². The van der Waals surface area contributed by atoms with Crippen molar-refractivity contribution in [2.45, 2.75) is 0 Å². The minimum atomic E-state index is -0.251. The number of amides is 1. The van der Waals surface area contributed by atoms with Crippen molar-refractivity contribution in [1.29, 1.82) is 0 Å². The number of nitrogens with two attached hydrogens (primary N) is 1. The minimum Gasteiger partial charge on any atom is -0.459 e. The average molecular weight is 265 g/mol. The number of halogens is 1. The zero-order valence-electron chi connectivity index (χ0n) is 9.67. The summed E-state index contributed by atoms with van der Waals surface area (Å²) in [5.74, 6) is 0.0157. The van der Waals surface area contributed by atoms with E-state index in [-0.39, 0.29) is 11.7 Å². The van der Waals surface area contributed by atoms with E-state index < -0.39 is 0 Å². The van der Waals surface area contributed by atoms with Crippen LogP contribution < -0.4 is 10.6 Å². The third kappa shape index (κ3) is 2.55. The molecule has 0 aliphatic heterocycles. The van der Waals surface area contributed by atoms with Crippen molar-refractivity contribution in [2.75, 3.05) is 18.0 Å². The van der Waals surface area contributed by atoms with Crippen LogP contribution in [0.25, 0.3) is 0 Å². The predicted octanol–water partition coefficient (Wildman–Crippen LogP) is 2.54. The lowest BCUT2D eigenvalue weighted by Crippen LogP contribution is -2.35. The Balaban J connectivity index is 2.34. The molecule has 0 saturated heterocycles. The van der Waals surface area contributed by atoms with E-state index in [1.165, 1.54) is 11.2 Å². The second-order valence-corrected chi connectivity index (χ2v) is 4.08. The van der Waals surface area contributed by atoms with Gasteiger partial charge in [0.2, 0.25) is 0 Å². The first-order chi connectivity index (χ1) is 8.74. The van der Waals surface area contributed by atoms with Crippen LogP contribution in [0.15, 0.2) is 47.1 Å². The van der Waals surface area contributed by atoms with Crippen molar-refractivity contribution in [2.24, 2.45) is 5.73 Å². The lowest BCUT2D eigenvalue weighted by molar-refractivity contribution is 0.0961. The molecule has 0 aliphatic carbocycles. The Labute approximate surface area is 110 Å². The number of benzene rings is 1. The molecule has 0 bridgehead atoms. The molecular formula is C13H13ClN2O2. The molecule has 5 heteroatoms. The van der Waals surface area contributed by atoms with E-state index in [4.69, 9.17) is 21.8 Å². The van der Waals surface area contributed by atoms with Crippen LogP contribution in [0.1, 0.15) is 10.6 Å². The molecular weight excluding hydrogens is 252 g/mol. The van der Waals surface area contributed by atoms with Gasteiger partial charge < -0.3 is 15.1 Å². The monoisotopic (exact) mass is 264 g/mol. The van der Waals surface area contributed by atoms with E-state index in [0.29, 0.717) is 23.8 Å². The fraction of sp³-hybridized carbons (Fsp3) is 0.154. The number of rotatable bonds is 4. The van der Waals surface area contributed by atoms with Crippen LogP contribution >= 0.6 is 11.6 Å². The Morgan fingerprint density at radius 1 is 1.28 bits per heavy atom. The normalized spacial score (nSPS) is 10.3. The third-order valence-electron chi connectivity index (χ3n) is 2.47. The highest BCUT2D eigenvalue weighted by Gasteiger charge is 2.20. The van der Waals surface area contributed by atoms with Gasteiger partial charge in [0.15, 0.2) is 5.76 Å². The van der Waals surface area contributed by atoms with Crippen molar-refractivity contribution in [3.8, 4) is 0 Å². The summed E-state index contributed by atoms with van der Waals surface area (Å²) in [6.07, 6.45) is 1.46. The van der Waals surface area contributed by atoms with Gasteiger partial charge in [-0.1, -0.05) is 23.7 Å². The Morgan fingerprint density at radius 2 is 2.06 bits per heavy atom. The number of carbonyl (C=O) groups excluding carboxylic acids is 1. The van der Waals surface area contributed by atoms with Crippen molar-refractivity contribution < 1.29 is 9.21 Å². The first-order valence-electron chi connectivity index (χ1n) is 5.54. The topological polar surface area (TPSA) is 59.5 Å². The number of furan rings is 1. The van der Waals surface area contributed by atoms with Gasteiger partial charge in [-0.3, -0.25) is 4.79 Å². The van der Waals surface area contributed by atoms with E-state index in [2.05, 4.69) is 0 Å². The van der Waals surface area contributed by atoms with Crippen molar-refractivity contribution in [3.63, 3.8) is 0 Å². The first kappa shape index (κ1) is 12.7. The maximum Gasteiger partial charge on any atom is 0.294 e. The molecule has 0 fully saturated rings. The number of anilines is 1. The van der Waals surface area contributed by atoms with Crippen LogP contribution in [0.2, 0.25) is 5.02 Å². The van der Waals surface area contributed by atoms with Crippen LogP contribution in [0.3, 0.4) is 0 Å². The molecule has 1 aromatic heterocycles. The van der Waals surface area contributed by atoms with Crippen LogP contribution in [-0.2, 0) is 0 Å². The molecule has 0 spiro atoms. The van der Waals surface area contributed by atoms with Crippen LogP contribution in [0.4, 0.5) is 5.69 Å². The summed E-state index contributed by atoms with van der Waals surface area (Å²) in [5.41, 5.74) is 6.17. The summed E-state index contributed by atoms with van der Waals surface area (Å²) in [4.78, 5) is 13.8. The number of carbonyl (C=O) groups is 1. The molecule has 1 amide bonds. The molecule has 0 aliphatic rings. The van der Waals surface area contributed by atoms with E-state index in [9.17, 15) is 4.79 Å². The van der Waals surface area contributed by atoms with Crippen molar-refractivity contribution >= 4 is 23.2 Å². The summed E-state index contributed by atoms with van der Waals surface area (Å²) in [6, 6.07) is 10.4. The molecule has 2 N–H and O–H groups in total. The summed E-state index contributed by atoms with van der Waals surface area (Å²) >= 11 is 6.09. The second kappa shape index (κ2) is 5.71. The maximum atomic E-state index is 12.3. The Kier molecular flexibility index (Phi) is 4.02. The lowest BCUT2D eigenvalue weighted by atomic mass is 10.2. The molecule has 2 rings (SSSR count). The van der Waals surface area contributed by atoms with Crippen molar-refractivity contribution in [3.05, 3.63) is 53.4 Å². The quantitative estimate of drug-likeness (QED) is 0.923. The molecule has 4 nitrogen and oxygen atoms in total. The zero-order valence-corrected chi connectivity index (χ0v) is 10.4. The fourth-order valence-electron chi connectivity index (χ4n) is 1.66. The molecule has 94 valence electrons. The fourth-order valence-corrected chi connectivity index (χ4v) is 1.90. The van der Waals surface area contributed by atoms with E-state index in [0.717, 1.165) is 0 Å². The Morgan fingerprint density at radius 3 is 2.67 bits per heavy atom. The van der Waals surface area contributed by atoms with Crippen LogP contribution in [-0.4, -0.2) is 19.0 Å². The molecule has 0 unspecified atom stereocenters. The van der Waals surface area contributed by atoms with Gasteiger partial charge in [-0.25, -0.2) is 0 Å². The van der Waals surface area contributed by atoms with Gasteiger partial charge in [0.1, 0.15) is 0 Å². The predicted molar refractivity (Wildman–Crippen MR) is 70.9 cm³/mol. The number of para-hydroxylation sites is 1. The van der Waals surface area contributed by atoms with Crippen LogP contribution in [0, 0.1) is 0 Å². The Bertz CT molecular complexity index is 526. The molecule has 0 atom stereocenters. The van der Waals surface area contributed by atoms with Gasteiger partial charge in [0, 0.05) is 13.1 Å². The van der Waals surface area contributed by atoms with Gasteiger partial charge in [-0.15, -0.1) is 0 Å². The van der Waals surface area contributed by atoms with E-state index >= 15 is 0 Å². The van der Waals surface area contributed by atoms with Gasteiger partial charge in [-0.05, 0) is 24.3 Å². The van der Waals surface area contributed by atoms with E-state index in [1.54, 1.807) is 24.3 Å². The highest BCUT2D eigenvalue weighted by atomic mass is 35.5. The highest BCUT2D eigenvalue weighted by molar-refractivity contribution is 6.34. The average Bonchev–Trinajstić information content (AvgIpc) is 2.90. The summed E-state index contributed by atoms with van der Waals surface area (Å²) < 4.78 is 5.11. The molecule has 1 aromatic carbocycles. The van der Waals surface area contributed by atoms with Gasteiger partial charge in [0.05, 0.1) is 17.0 Å². The number of hydrogen-bond acceptors (Lipinski definition) is 3. The van der Waals surface area contributed by atoms with E-state index in [1.807, 2.05) is 12.1 Å². The van der Waals surface area contributed by atoms with Gasteiger partial charge in [0.25, 0.3) is 5.91 Å². The molecule has 1 heterocycles. The summed E-state index contributed by atoms with van der Waals surface area (Å²) in [5, 5.41) is 0.505. The van der Waals surface area contributed by atoms with Gasteiger partial charge in [-0.2, -0.15) is 0 Å². The minimum absolute atomic E-state index is 0.251. The lowest BCUT2D eigenvalue weighted by Gasteiger charge is -2.22. The zero-order chi connectivity index (χ0) is 13.0. The highest BCUT2D eigenvalue weighted by Crippen LogP contribution is 2.26. The molecule has 0 radical (unpaired) electrons. The molecule has 2 aromatic rings. The Hall–Kier alpha value is -1.78. The largest absolute Gasteiger partial charge is 0.459 e. The summed E-state index contributed by atoms with van der Waals surface area (Å²) in [7, 11) is 0. The first-order valence-corrected chi connectivity index (χ1v) is 5.92. The smallest absolute Gasteiger partial charge is 0.294 e. The third-order valence-corrected chi connectivity index (χ3v) is 2.79.